The van der Waals surface area contributed by atoms with Gasteiger partial charge in [-0.2, -0.15) is 5.26 Å². The molecule has 240 valence electrons. The summed E-state index contributed by atoms with van der Waals surface area (Å²) >= 11 is 0. The maximum absolute atomic E-state index is 9.59. The fourth-order valence-electron chi connectivity index (χ4n) is 7.47. The van der Waals surface area contributed by atoms with E-state index in [0.717, 1.165) is 60.4 Å². The van der Waals surface area contributed by atoms with Gasteiger partial charge in [0.05, 0.1) is 63.5 Å². The normalized spacial score (nSPS) is 11.4. The number of rotatable bonds is 4. The molecule has 0 aliphatic heterocycles. The molecule has 7 nitrogen and oxygen atoms in total. The summed E-state index contributed by atoms with van der Waals surface area (Å²) in [5.41, 5.74) is 10.3. The number of benzene rings is 6. The van der Waals surface area contributed by atoms with E-state index in [2.05, 4.69) is 105 Å². The maximum atomic E-state index is 9.59. The Morgan fingerprint density at radius 3 is 1.44 bits per heavy atom. The lowest BCUT2D eigenvalue weighted by Crippen LogP contribution is -2.07. The number of nitrogens with zero attached hydrogens (tertiary/aromatic N) is 7. The van der Waals surface area contributed by atoms with Crippen molar-refractivity contribution in [2.45, 2.75) is 0 Å². The maximum Gasteiger partial charge on any atom is 0.187 e. The number of nitriles is 1. The fourth-order valence-corrected chi connectivity index (χ4v) is 7.47. The third-order valence-corrected chi connectivity index (χ3v) is 9.83. The van der Waals surface area contributed by atoms with Gasteiger partial charge in [-0.3, -0.25) is 4.57 Å². The van der Waals surface area contributed by atoms with Crippen LogP contribution in [-0.4, -0.2) is 24.1 Å². The summed E-state index contributed by atoms with van der Waals surface area (Å²) in [6.45, 7) is 7.55. The number of fused-ring (bicyclic) bond motifs is 7. The first-order valence-corrected chi connectivity index (χ1v) is 16.9. The molecular formula is C45H25N7. The van der Waals surface area contributed by atoms with E-state index < -0.39 is 0 Å². The van der Waals surface area contributed by atoms with E-state index in [4.69, 9.17) is 21.5 Å². The minimum absolute atomic E-state index is 0.540. The lowest BCUT2D eigenvalue weighted by atomic mass is 10.0. The number of hydrogen-bond donors (Lipinski definition) is 0. The standard InChI is InChI=1S/C45H25N7/c1-47-31-24-22-30(23-25-31)42-41(29-20-18-28(26-46)19-21-29)49-43-40(51-36-14-6-2-10-32(36)33-11-3-7-15-37(33)51)27-48-45(44(43)50-42)52-38-16-8-4-12-34(38)35-13-5-9-17-39(35)52/h2-25,27H. The zero-order valence-corrected chi connectivity index (χ0v) is 27.6. The van der Waals surface area contributed by atoms with Crippen LogP contribution in [0.15, 0.2) is 152 Å². The fraction of sp³-hybridized carbons (Fsp3) is 0. The minimum atomic E-state index is 0.540. The second-order valence-corrected chi connectivity index (χ2v) is 12.7. The Balaban J connectivity index is 1.39. The van der Waals surface area contributed by atoms with E-state index in [-0.39, 0.29) is 0 Å². The highest BCUT2D eigenvalue weighted by molar-refractivity contribution is 6.12. The highest BCUT2D eigenvalue weighted by atomic mass is 15.1. The molecule has 6 aromatic carbocycles. The van der Waals surface area contributed by atoms with Crippen LogP contribution in [0.4, 0.5) is 5.69 Å². The van der Waals surface area contributed by atoms with Gasteiger partial charge < -0.3 is 4.57 Å². The molecule has 0 saturated heterocycles. The number of aromatic nitrogens is 5. The minimum Gasteiger partial charge on any atom is -0.306 e. The van der Waals surface area contributed by atoms with Crippen molar-refractivity contribution in [1.82, 2.24) is 24.1 Å². The van der Waals surface area contributed by atoms with Crippen LogP contribution in [0.5, 0.6) is 0 Å². The molecule has 0 atom stereocenters. The molecule has 0 radical (unpaired) electrons. The van der Waals surface area contributed by atoms with Crippen LogP contribution in [0, 0.1) is 17.9 Å². The summed E-state index contributed by atoms with van der Waals surface area (Å²) in [7, 11) is 0. The number of hydrogen-bond acceptors (Lipinski definition) is 4. The first-order valence-electron chi connectivity index (χ1n) is 16.9. The first kappa shape index (κ1) is 29.3. The molecule has 0 fully saturated rings. The summed E-state index contributed by atoms with van der Waals surface area (Å²) in [5, 5.41) is 14.1. The molecule has 0 saturated carbocycles. The topological polar surface area (TPSA) is 76.7 Å². The molecule has 0 bridgehead atoms. The number of para-hydroxylation sites is 4. The average molecular weight is 664 g/mol. The Hall–Kier alpha value is -7.61. The molecule has 0 unspecified atom stereocenters. The van der Waals surface area contributed by atoms with Gasteiger partial charge in [-0.05, 0) is 42.0 Å². The largest absolute Gasteiger partial charge is 0.306 e. The van der Waals surface area contributed by atoms with E-state index in [1.54, 1.807) is 24.3 Å². The van der Waals surface area contributed by atoms with Crippen molar-refractivity contribution in [2.24, 2.45) is 0 Å². The Labute approximate surface area is 297 Å². The van der Waals surface area contributed by atoms with E-state index >= 15 is 0 Å². The van der Waals surface area contributed by atoms with Gasteiger partial charge in [-0.25, -0.2) is 19.8 Å². The van der Waals surface area contributed by atoms with E-state index in [9.17, 15) is 5.26 Å². The van der Waals surface area contributed by atoms with Crippen LogP contribution in [0.3, 0.4) is 0 Å². The van der Waals surface area contributed by atoms with Crippen molar-refractivity contribution >= 4 is 60.3 Å². The summed E-state index contributed by atoms with van der Waals surface area (Å²) in [6, 6.07) is 50.6. The summed E-state index contributed by atoms with van der Waals surface area (Å²) in [4.78, 5) is 19.9. The Morgan fingerprint density at radius 2 is 0.962 bits per heavy atom. The molecule has 4 aromatic heterocycles. The van der Waals surface area contributed by atoms with Gasteiger partial charge in [-0.15, -0.1) is 0 Å². The van der Waals surface area contributed by atoms with Gasteiger partial charge in [-0.1, -0.05) is 109 Å². The lowest BCUT2D eigenvalue weighted by Gasteiger charge is -2.17. The van der Waals surface area contributed by atoms with Crippen LogP contribution in [-0.2, 0) is 0 Å². The Morgan fingerprint density at radius 1 is 0.519 bits per heavy atom. The summed E-state index contributed by atoms with van der Waals surface area (Å²) in [6.07, 6.45) is 1.92. The first-order chi connectivity index (χ1) is 25.7. The second kappa shape index (κ2) is 11.5. The SMILES string of the molecule is [C-]#[N+]c1ccc(-c2nc3c(-n4c5ccccc5c5ccccc54)ncc(-n4c5ccccc5c5ccccc54)c3nc2-c2ccc(C#N)cc2)cc1. The third kappa shape index (κ3) is 4.34. The van der Waals surface area contributed by atoms with Gasteiger partial charge in [0.1, 0.15) is 11.0 Å². The Kier molecular flexibility index (Phi) is 6.48. The van der Waals surface area contributed by atoms with Gasteiger partial charge >= 0.3 is 0 Å². The molecule has 52 heavy (non-hydrogen) atoms. The quantitative estimate of drug-likeness (QED) is 0.176. The molecule has 0 aliphatic carbocycles. The lowest BCUT2D eigenvalue weighted by molar-refractivity contribution is 1.06. The van der Waals surface area contributed by atoms with E-state index in [1.807, 2.05) is 42.6 Å². The van der Waals surface area contributed by atoms with Crippen molar-refractivity contribution < 1.29 is 0 Å². The molecule has 0 spiro atoms. The third-order valence-electron chi connectivity index (χ3n) is 9.83. The van der Waals surface area contributed by atoms with Gasteiger partial charge in [0.2, 0.25) is 0 Å². The predicted octanol–water partition coefficient (Wildman–Crippen LogP) is 11.0. The smallest absolute Gasteiger partial charge is 0.187 e. The van der Waals surface area contributed by atoms with Gasteiger partial charge in [0.25, 0.3) is 0 Å². The van der Waals surface area contributed by atoms with Gasteiger partial charge in [0.15, 0.2) is 11.5 Å². The average Bonchev–Trinajstić information content (AvgIpc) is 3.73. The van der Waals surface area contributed by atoms with Crippen LogP contribution in [0.2, 0.25) is 0 Å². The van der Waals surface area contributed by atoms with Crippen LogP contribution < -0.4 is 0 Å². The zero-order valence-electron chi connectivity index (χ0n) is 27.6. The molecule has 4 heterocycles. The zero-order chi connectivity index (χ0) is 34.8. The molecule has 0 N–H and O–H groups in total. The van der Waals surface area contributed by atoms with E-state index in [1.165, 1.54) is 0 Å². The van der Waals surface area contributed by atoms with Crippen molar-refractivity contribution in [3.8, 4) is 40.1 Å². The predicted molar refractivity (Wildman–Crippen MR) is 208 cm³/mol. The number of pyridine rings is 1. The van der Waals surface area contributed by atoms with Crippen molar-refractivity contribution in [3.63, 3.8) is 0 Å². The van der Waals surface area contributed by atoms with Crippen molar-refractivity contribution in [3.05, 3.63) is 169 Å². The highest BCUT2D eigenvalue weighted by Crippen LogP contribution is 2.40. The van der Waals surface area contributed by atoms with Crippen LogP contribution in [0.25, 0.3) is 93.5 Å². The summed E-state index contributed by atoms with van der Waals surface area (Å²) in [5.74, 6) is 0.662. The Bertz CT molecular complexity index is 2820. The van der Waals surface area contributed by atoms with Crippen molar-refractivity contribution in [1.29, 1.82) is 5.26 Å². The summed E-state index contributed by atoms with van der Waals surface area (Å²) < 4.78 is 4.42. The van der Waals surface area contributed by atoms with Gasteiger partial charge in [0, 0.05) is 27.1 Å². The van der Waals surface area contributed by atoms with Crippen LogP contribution in [0.1, 0.15) is 5.56 Å². The molecule has 7 heteroatoms. The second-order valence-electron chi connectivity index (χ2n) is 12.7. The highest BCUT2D eigenvalue weighted by Gasteiger charge is 2.24. The molecule has 0 amide bonds. The molecular weight excluding hydrogens is 639 g/mol. The van der Waals surface area contributed by atoms with E-state index in [0.29, 0.717) is 39.5 Å². The van der Waals surface area contributed by atoms with Crippen LogP contribution >= 0.6 is 0 Å². The van der Waals surface area contributed by atoms with Crippen molar-refractivity contribution in [2.75, 3.05) is 0 Å². The molecule has 10 aromatic rings. The molecule has 10 rings (SSSR count). The molecule has 0 aliphatic rings. The monoisotopic (exact) mass is 663 g/mol.